The van der Waals surface area contributed by atoms with Gasteiger partial charge < -0.3 is 5.32 Å². The number of hydrogen-bond acceptors (Lipinski definition) is 4. The van der Waals surface area contributed by atoms with Crippen molar-refractivity contribution in [2.75, 3.05) is 6.54 Å². The van der Waals surface area contributed by atoms with Crippen molar-refractivity contribution >= 4 is 17.6 Å². The highest BCUT2D eigenvalue weighted by molar-refractivity contribution is 6.99. The van der Waals surface area contributed by atoms with Gasteiger partial charge >= 0.3 is 0 Å². The van der Waals surface area contributed by atoms with Gasteiger partial charge in [-0.1, -0.05) is 6.92 Å². The Balaban J connectivity index is 1.79. The van der Waals surface area contributed by atoms with Crippen LogP contribution in [0, 0.1) is 11.8 Å². The number of carbonyl (C=O) groups is 1. The lowest BCUT2D eigenvalue weighted by molar-refractivity contribution is 0.0947. The number of nitrogens with one attached hydrogen (secondary N) is 1. The van der Waals surface area contributed by atoms with E-state index in [1.807, 2.05) is 0 Å². The van der Waals surface area contributed by atoms with Crippen LogP contribution in [0.15, 0.2) is 6.20 Å². The lowest BCUT2D eigenvalue weighted by Crippen LogP contribution is -2.26. The van der Waals surface area contributed by atoms with Crippen LogP contribution in [0.4, 0.5) is 0 Å². The van der Waals surface area contributed by atoms with Crippen LogP contribution < -0.4 is 5.32 Å². The first kappa shape index (κ1) is 8.62. The summed E-state index contributed by atoms with van der Waals surface area (Å²) >= 11 is 1.06. The van der Waals surface area contributed by atoms with E-state index in [0.29, 0.717) is 11.6 Å². The van der Waals surface area contributed by atoms with Crippen LogP contribution >= 0.6 is 11.7 Å². The topological polar surface area (TPSA) is 54.9 Å². The van der Waals surface area contributed by atoms with Crippen molar-refractivity contribution in [2.24, 2.45) is 11.8 Å². The molecule has 0 radical (unpaired) electrons. The monoisotopic (exact) mass is 197 g/mol. The van der Waals surface area contributed by atoms with Gasteiger partial charge in [-0.15, -0.1) is 0 Å². The molecule has 1 heterocycles. The number of nitrogens with zero attached hydrogens (tertiary/aromatic N) is 2. The van der Waals surface area contributed by atoms with Crippen molar-refractivity contribution in [3.63, 3.8) is 0 Å². The van der Waals surface area contributed by atoms with E-state index in [4.69, 9.17) is 0 Å². The Labute approximate surface area is 80.7 Å². The molecular formula is C8H11N3OS. The average Bonchev–Trinajstić information content (AvgIpc) is 2.67. The second-order valence-corrected chi connectivity index (χ2v) is 4.03. The largest absolute Gasteiger partial charge is 0.350 e. The summed E-state index contributed by atoms with van der Waals surface area (Å²) in [5, 5.41) is 2.84. The van der Waals surface area contributed by atoms with Crippen molar-refractivity contribution in [3.05, 3.63) is 11.9 Å². The molecule has 0 bridgehead atoms. The van der Waals surface area contributed by atoms with Crippen LogP contribution in [-0.2, 0) is 0 Å². The maximum atomic E-state index is 11.3. The third-order valence-corrected chi connectivity index (χ3v) is 2.87. The van der Waals surface area contributed by atoms with Gasteiger partial charge in [0.05, 0.1) is 17.9 Å². The highest BCUT2D eigenvalue weighted by atomic mass is 32.1. The molecule has 5 heteroatoms. The van der Waals surface area contributed by atoms with Crippen molar-refractivity contribution < 1.29 is 4.79 Å². The van der Waals surface area contributed by atoms with Gasteiger partial charge in [0.15, 0.2) is 5.69 Å². The highest BCUT2D eigenvalue weighted by Gasteiger charge is 2.32. The molecule has 2 unspecified atom stereocenters. The molecule has 4 nitrogen and oxygen atoms in total. The standard InChI is InChI=1S/C8H11N3OS/c1-5-2-6(5)3-9-8(12)7-4-10-13-11-7/h4-6H,2-3H2,1H3,(H,9,12). The molecule has 1 amide bonds. The summed E-state index contributed by atoms with van der Waals surface area (Å²) in [5.41, 5.74) is 0.429. The minimum atomic E-state index is -0.104. The van der Waals surface area contributed by atoms with E-state index >= 15 is 0 Å². The van der Waals surface area contributed by atoms with Gasteiger partial charge in [0.2, 0.25) is 0 Å². The molecule has 1 aliphatic rings. The molecule has 13 heavy (non-hydrogen) atoms. The fraction of sp³-hybridized carbons (Fsp3) is 0.625. The van der Waals surface area contributed by atoms with E-state index in [2.05, 4.69) is 21.0 Å². The first-order valence-corrected chi connectivity index (χ1v) is 5.06. The molecule has 1 aromatic heterocycles. The molecule has 0 saturated heterocycles. The Morgan fingerprint density at radius 2 is 2.62 bits per heavy atom. The second kappa shape index (κ2) is 3.41. The summed E-state index contributed by atoms with van der Waals surface area (Å²) in [6, 6.07) is 0. The smallest absolute Gasteiger partial charge is 0.272 e. The van der Waals surface area contributed by atoms with E-state index in [1.54, 1.807) is 0 Å². The van der Waals surface area contributed by atoms with Crippen LogP contribution in [0.2, 0.25) is 0 Å². The molecule has 70 valence electrons. The lowest BCUT2D eigenvalue weighted by Gasteiger charge is -1.99. The Bertz CT molecular complexity index is 298. The van der Waals surface area contributed by atoms with Crippen LogP contribution in [0.5, 0.6) is 0 Å². The quantitative estimate of drug-likeness (QED) is 0.784. The first-order chi connectivity index (χ1) is 6.27. The summed E-state index contributed by atoms with van der Waals surface area (Å²) in [4.78, 5) is 11.3. The Hall–Kier alpha value is -0.970. The van der Waals surface area contributed by atoms with Gasteiger partial charge in [0, 0.05) is 6.54 Å². The van der Waals surface area contributed by atoms with E-state index in [0.717, 1.165) is 24.2 Å². The fourth-order valence-corrected chi connectivity index (χ4v) is 1.67. The summed E-state index contributed by atoms with van der Waals surface area (Å²) in [6.45, 7) is 2.97. The van der Waals surface area contributed by atoms with E-state index < -0.39 is 0 Å². The zero-order valence-electron chi connectivity index (χ0n) is 7.36. The van der Waals surface area contributed by atoms with Gasteiger partial charge in [-0.2, -0.15) is 8.75 Å². The van der Waals surface area contributed by atoms with E-state index in [9.17, 15) is 4.79 Å². The molecule has 1 fully saturated rings. The SMILES string of the molecule is CC1CC1CNC(=O)c1cnsn1. The Morgan fingerprint density at radius 3 is 3.15 bits per heavy atom. The van der Waals surface area contributed by atoms with Crippen molar-refractivity contribution in [2.45, 2.75) is 13.3 Å². The van der Waals surface area contributed by atoms with Gasteiger partial charge in [-0.3, -0.25) is 4.79 Å². The summed E-state index contributed by atoms with van der Waals surface area (Å²) in [6.07, 6.45) is 2.73. The number of rotatable bonds is 3. The fourth-order valence-electron chi connectivity index (χ4n) is 1.26. The first-order valence-electron chi connectivity index (χ1n) is 4.33. The van der Waals surface area contributed by atoms with E-state index in [1.165, 1.54) is 12.6 Å². The van der Waals surface area contributed by atoms with Gasteiger partial charge in [0.25, 0.3) is 5.91 Å². The molecule has 1 saturated carbocycles. The molecular weight excluding hydrogens is 186 g/mol. The third kappa shape index (κ3) is 2.03. The number of carbonyl (C=O) groups excluding carboxylic acids is 1. The van der Waals surface area contributed by atoms with Gasteiger partial charge in [0.1, 0.15) is 0 Å². The minimum Gasteiger partial charge on any atom is -0.350 e. The van der Waals surface area contributed by atoms with Crippen LogP contribution in [0.1, 0.15) is 23.8 Å². The molecule has 1 aromatic rings. The number of aromatic nitrogens is 2. The van der Waals surface area contributed by atoms with Crippen molar-refractivity contribution in [3.8, 4) is 0 Å². The molecule has 1 N–H and O–H groups in total. The second-order valence-electron chi connectivity index (χ2n) is 3.48. The molecule has 0 spiro atoms. The van der Waals surface area contributed by atoms with Gasteiger partial charge in [-0.05, 0) is 18.3 Å². The number of amides is 1. The van der Waals surface area contributed by atoms with Gasteiger partial charge in [-0.25, -0.2) is 0 Å². The third-order valence-electron chi connectivity index (χ3n) is 2.39. The molecule has 0 aromatic carbocycles. The molecule has 1 aliphatic carbocycles. The lowest BCUT2D eigenvalue weighted by atomic mass is 10.3. The minimum absolute atomic E-state index is 0.104. The predicted molar refractivity (Wildman–Crippen MR) is 49.5 cm³/mol. The maximum Gasteiger partial charge on any atom is 0.272 e. The number of hydrogen-bond donors (Lipinski definition) is 1. The summed E-state index contributed by atoms with van der Waals surface area (Å²) in [7, 11) is 0. The predicted octanol–water partition coefficient (Wildman–Crippen LogP) is 0.924. The zero-order chi connectivity index (χ0) is 9.26. The van der Waals surface area contributed by atoms with Crippen LogP contribution in [0.25, 0.3) is 0 Å². The van der Waals surface area contributed by atoms with Crippen molar-refractivity contribution in [1.82, 2.24) is 14.1 Å². The highest BCUT2D eigenvalue weighted by Crippen LogP contribution is 2.36. The van der Waals surface area contributed by atoms with Crippen LogP contribution in [-0.4, -0.2) is 21.2 Å². The maximum absolute atomic E-state index is 11.3. The van der Waals surface area contributed by atoms with E-state index in [-0.39, 0.29) is 5.91 Å². The zero-order valence-corrected chi connectivity index (χ0v) is 8.17. The summed E-state index contributed by atoms with van der Waals surface area (Å²) in [5.74, 6) is 1.34. The van der Waals surface area contributed by atoms with Crippen molar-refractivity contribution in [1.29, 1.82) is 0 Å². The summed E-state index contributed by atoms with van der Waals surface area (Å²) < 4.78 is 7.62. The van der Waals surface area contributed by atoms with Crippen LogP contribution in [0.3, 0.4) is 0 Å². The molecule has 2 atom stereocenters. The molecule has 0 aliphatic heterocycles. The Kier molecular flexibility index (Phi) is 2.26. The normalized spacial score (nSPS) is 25.6. The Morgan fingerprint density at radius 1 is 1.85 bits per heavy atom. The molecule has 2 rings (SSSR count). The average molecular weight is 197 g/mol.